The summed E-state index contributed by atoms with van der Waals surface area (Å²) in [7, 11) is -3.20. The second-order valence-electron chi connectivity index (χ2n) is 3.31. The van der Waals surface area contributed by atoms with E-state index in [0.29, 0.717) is 0 Å². The molecule has 0 aromatic heterocycles. The van der Waals surface area contributed by atoms with E-state index in [1.807, 2.05) is 0 Å². The normalized spacial score (nSPS) is 31.0. The van der Waals surface area contributed by atoms with Gasteiger partial charge in [-0.15, -0.1) is 12.3 Å². The van der Waals surface area contributed by atoms with E-state index in [4.69, 9.17) is 11.5 Å². The molecule has 1 heterocycles. The van der Waals surface area contributed by atoms with Crippen LogP contribution in [0.2, 0.25) is 0 Å². The van der Waals surface area contributed by atoms with Gasteiger partial charge in [0, 0.05) is 6.42 Å². The molecule has 1 N–H and O–H groups in total. The van der Waals surface area contributed by atoms with Crippen molar-refractivity contribution in [2.24, 2.45) is 5.41 Å². The van der Waals surface area contributed by atoms with Gasteiger partial charge in [0.25, 0.3) is 0 Å². The molecule has 0 bridgehead atoms. The maximum atomic E-state index is 11.1. The third-order valence-electron chi connectivity index (χ3n) is 2.28. The Morgan fingerprint density at radius 2 is 2.23 bits per heavy atom. The zero-order valence-electron chi connectivity index (χ0n) is 6.99. The maximum Gasteiger partial charge on any atom is 0.311 e. The monoisotopic (exact) mass is 202 g/mol. The average molecular weight is 202 g/mol. The van der Waals surface area contributed by atoms with E-state index >= 15 is 0 Å². The lowest BCUT2D eigenvalue weighted by Crippen LogP contribution is -2.31. The topological polar surface area (TPSA) is 71.4 Å². The van der Waals surface area contributed by atoms with Crippen molar-refractivity contribution < 1.29 is 18.3 Å². The summed E-state index contributed by atoms with van der Waals surface area (Å²) >= 11 is 0. The second-order valence-corrected chi connectivity index (χ2v) is 5.49. The highest BCUT2D eigenvalue weighted by Crippen LogP contribution is 2.35. The van der Waals surface area contributed by atoms with Gasteiger partial charge in [0.2, 0.25) is 0 Å². The van der Waals surface area contributed by atoms with E-state index in [1.165, 1.54) is 0 Å². The Hall–Kier alpha value is -1.02. The summed E-state index contributed by atoms with van der Waals surface area (Å²) in [4.78, 5) is 10.8. The van der Waals surface area contributed by atoms with E-state index < -0.39 is 21.2 Å². The molecule has 0 aromatic carbocycles. The first-order chi connectivity index (χ1) is 5.92. The summed E-state index contributed by atoms with van der Waals surface area (Å²) in [6.07, 6.45) is 5.13. The van der Waals surface area contributed by atoms with Gasteiger partial charge in [-0.05, 0) is 6.42 Å². The lowest BCUT2D eigenvalue weighted by Gasteiger charge is -2.18. The van der Waals surface area contributed by atoms with Crippen LogP contribution in [-0.4, -0.2) is 31.0 Å². The molecule has 0 aromatic rings. The fourth-order valence-corrected chi connectivity index (χ4v) is 3.55. The van der Waals surface area contributed by atoms with Crippen LogP contribution in [-0.2, 0) is 14.6 Å². The Kier molecular flexibility index (Phi) is 2.35. The lowest BCUT2D eigenvalue weighted by atomic mass is 9.84. The summed E-state index contributed by atoms with van der Waals surface area (Å²) in [5.41, 5.74) is -1.23. The van der Waals surface area contributed by atoms with Crippen LogP contribution in [0.3, 0.4) is 0 Å². The van der Waals surface area contributed by atoms with E-state index in [-0.39, 0.29) is 24.3 Å². The minimum atomic E-state index is -3.20. The molecule has 1 unspecified atom stereocenters. The summed E-state index contributed by atoms with van der Waals surface area (Å²) in [6.45, 7) is 0. The molecule has 1 aliphatic heterocycles. The highest BCUT2D eigenvalue weighted by atomic mass is 32.2. The van der Waals surface area contributed by atoms with E-state index in [9.17, 15) is 13.2 Å². The summed E-state index contributed by atoms with van der Waals surface area (Å²) < 4.78 is 22.2. The van der Waals surface area contributed by atoms with Crippen LogP contribution in [0.25, 0.3) is 0 Å². The van der Waals surface area contributed by atoms with Gasteiger partial charge in [-0.3, -0.25) is 4.79 Å². The van der Waals surface area contributed by atoms with Crippen molar-refractivity contribution in [1.29, 1.82) is 0 Å². The molecule has 1 saturated heterocycles. The average Bonchev–Trinajstić information content (AvgIpc) is 2.28. The molecule has 4 nitrogen and oxygen atoms in total. The summed E-state index contributed by atoms with van der Waals surface area (Å²) in [5.74, 6) is 0.731. The smallest absolute Gasteiger partial charge is 0.311 e. The van der Waals surface area contributed by atoms with Crippen molar-refractivity contribution in [2.45, 2.75) is 12.8 Å². The SMILES string of the molecule is C#CCC1(C(=O)O)CCS(=O)(=O)C1. The van der Waals surface area contributed by atoms with E-state index in [1.54, 1.807) is 0 Å². The number of sulfone groups is 1. The first-order valence-electron chi connectivity index (χ1n) is 3.79. The number of terminal acetylenes is 1. The molecule has 0 spiro atoms. The third kappa shape index (κ3) is 1.83. The molecular formula is C8H10O4S. The Labute approximate surface area is 76.9 Å². The summed E-state index contributed by atoms with van der Waals surface area (Å²) in [6, 6.07) is 0. The van der Waals surface area contributed by atoms with Crippen LogP contribution in [0.5, 0.6) is 0 Å². The predicted octanol–water partition coefficient (Wildman–Crippen LogP) is -0.101. The molecule has 0 saturated carbocycles. The number of hydrogen-bond donors (Lipinski definition) is 1. The van der Waals surface area contributed by atoms with Gasteiger partial charge < -0.3 is 5.11 Å². The van der Waals surface area contributed by atoms with Crippen molar-refractivity contribution >= 4 is 15.8 Å². The molecule has 1 atom stereocenters. The quantitative estimate of drug-likeness (QED) is 0.635. The van der Waals surface area contributed by atoms with Gasteiger partial charge in [0.05, 0.1) is 16.9 Å². The number of carboxylic acids is 1. The van der Waals surface area contributed by atoms with Crippen molar-refractivity contribution in [2.75, 3.05) is 11.5 Å². The number of aliphatic carboxylic acids is 1. The first kappa shape index (κ1) is 10.1. The molecule has 13 heavy (non-hydrogen) atoms. The molecule has 0 aliphatic carbocycles. The van der Waals surface area contributed by atoms with Crippen LogP contribution in [0.15, 0.2) is 0 Å². The van der Waals surface area contributed by atoms with Crippen molar-refractivity contribution in [3.63, 3.8) is 0 Å². The molecule has 1 rings (SSSR count). The minimum absolute atomic E-state index is 0.0123. The predicted molar refractivity (Wildman–Crippen MR) is 46.8 cm³/mol. The molecule has 5 heteroatoms. The van der Waals surface area contributed by atoms with Crippen molar-refractivity contribution in [3.8, 4) is 12.3 Å². The largest absolute Gasteiger partial charge is 0.481 e. The van der Waals surface area contributed by atoms with Crippen molar-refractivity contribution in [3.05, 3.63) is 0 Å². The molecule has 1 fully saturated rings. The Balaban J connectivity index is 2.98. The highest BCUT2D eigenvalue weighted by Gasteiger charge is 2.47. The Bertz CT molecular complexity index is 362. The van der Waals surface area contributed by atoms with Crippen LogP contribution < -0.4 is 0 Å². The maximum absolute atomic E-state index is 11.1. The Morgan fingerprint density at radius 3 is 2.54 bits per heavy atom. The zero-order chi connectivity index (χ0) is 10.1. The minimum Gasteiger partial charge on any atom is -0.481 e. The van der Waals surface area contributed by atoms with Gasteiger partial charge in [-0.2, -0.15) is 0 Å². The van der Waals surface area contributed by atoms with Gasteiger partial charge in [0.15, 0.2) is 9.84 Å². The molecule has 1 aliphatic rings. The standard InChI is InChI=1S/C8H10O4S/c1-2-3-8(7(9)10)4-5-13(11,12)6-8/h1H,3-6H2,(H,9,10). The molecular weight excluding hydrogens is 192 g/mol. The van der Waals surface area contributed by atoms with Gasteiger partial charge in [0.1, 0.15) is 0 Å². The fraction of sp³-hybridized carbons (Fsp3) is 0.625. The third-order valence-corrected chi connectivity index (χ3v) is 4.10. The van der Waals surface area contributed by atoms with E-state index in [2.05, 4.69) is 5.92 Å². The number of carbonyl (C=O) groups is 1. The lowest BCUT2D eigenvalue weighted by molar-refractivity contribution is -0.147. The van der Waals surface area contributed by atoms with Gasteiger partial charge >= 0.3 is 5.97 Å². The highest BCUT2D eigenvalue weighted by molar-refractivity contribution is 7.91. The number of carboxylic acid groups (broad SMARTS) is 1. The van der Waals surface area contributed by atoms with Crippen molar-refractivity contribution in [1.82, 2.24) is 0 Å². The fourth-order valence-electron chi connectivity index (χ4n) is 1.50. The van der Waals surface area contributed by atoms with Crippen LogP contribution in [0.4, 0.5) is 0 Å². The van der Waals surface area contributed by atoms with E-state index in [0.717, 1.165) is 0 Å². The van der Waals surface area contributed by atoms with Crippen LogP contribution in [0, 0.1) is 17.8 Å². The second kappa shape index (κ2) is 3.04. The van der Waals surface area contributed by atoms with Crippen LogP contribution in [0.1, 0.15) is 12.8 Å². The zero-order valence-corrected chi connectivity index (χ0v) is 7.80. The van der Waals surface area contributed by atoms with Crippen LogP contribution >= 0.6 is 0 Å². The molecule has 72 valence electrons. The molecule has 0 amide bonds. The Morgan fingerprint density at radius 1 is 1.62 bits per heavy atom. The number of hydrogen-bond acceptors (Lipinski definition) is 3. The van der Waals surface area contributed by atoms with Gasteiger partial charge in [-0.1, -0.05) is 0 Å². The number of rotatable bonds is 2. The molecule has 0 radical (unpaired) electrons. The first-order valence-corrected chi connectivity index (χ1v) is 5.61. The summed E-state index contributed by atoms with van der Waals surface area (Å²) in [5, 5.41) is 8.87. The van der Waals surface area contributed by atoms with Gasteiger partial charge in [-0.25, -0.2) is 8.42 Å².